The second kappa shape index (κ2) is 5.51. The molecule has 1 saturated heterocycles. The molecule has 7 heteroatoms. The van der Waals surface area contributed by atoms with Gasteiger partial charge in [0.15, 0.2) is 5.82 Å². The molecule has 3 N–H and O–H groups in total. The molecule has 0 saturated carbocycles. The lowest BCUT2D eigenvalue weighted by Gasteiger charge is -2.26. The van der Waals surface area contributed by atoms with Crippen molar-refractivity contribution in [1.82, 2.24) is 25.5 Å². The molecule has 1 aliphatic heterocycles. The molecule has 0 spiro atoms. The van der Waals surface area contributed by atoms with Gasteiger partial charge in [-0.15, -0.1) is 0 Å². The second-order valence-electron chi connectivity index (χ2n) is 5.84. The maximum absolute atomic E-state index is 11.3. The van der Waals surface area contributed by atoms with Gasteiger partial charge in [-0.05, 0) is 24.4 Å². The second-order valence-corrected chi connectivity index (χ2v) is 5.84. The van der Waals surface area contributed by atoms with Crippen molar-refractivity contribution in [3.05, 3.63) is 40.8 Å². The van der Waals surface area contributed by atoms with Crippen molar-refractivity contribution in [3.63, 3.8) is 0 Å². The van der Waals surface area contributed by atoms with Gasteiger partial charge in [0, 0.05) is 25.0 Å². The standard InChI is InChI=1S/C16H18N6O/c1-22(11-6-7-17-9-11)15-12-5-3-2-4-10(12)8-13(18-15)14-19-16(23)21-20-14/h2-5,8,11,17H,6-7,9H2,1H3,(H2,19,20,21,23)/t11-/m0/s1. The van der Waals surface area contributed by atoms with Gasteiger partial charge >= 0.3 is 5.69 Å². The molecular weight excluding hydrogens is 292 g/mol. The molecule has 118 valence electrons. The zero-order valence-electron chi connectivity index (χ0n) is 12.8. The van der Waals surface area contributed by atoms with E-state index in [1.165, 1.54) is 0 Å². The van der Waals surface area contributed by atoms with Crippen molar-refractivity contribution in [2.75, 3.05) is 25.0 Å². The summed E-state index contributed by atoms with van der Waals surface area (Å²) in [5.41, 5.74) is 0.333. The van der Waals surface area contributed by atoms with Crippen molar-refractivity contribution in [2.45, 2.75) is 12.5 Å². The molecule has 1 aromatic carbocycles. The first-order valence-corrected chi connectivity index (χ1v) is 7.71. The fourth-order valence-corrected chi connectivity index (χ4v) is 3.10. The summed E-state index contributed by atoms with van der Waals surface area (Å²) in [6.07, 6.45) is 1.09. The van der Waals surface area contributed by atoms with E-state index in [4.69, 9.17) is 4.98 Å². The predicted molar refractivity (Wildman–Crippen MR) is 89.6 cm³/mol. The summed E-state index contributed by atoms with van der Waals surface area (Å²) in [4.78, 5) is 21.0. The Bertz CT molecular complexity index is 893. The van der Waals surface area contributed by atoms with E-state index in [9.17, 15) is 4.79 Å². The van der Waals surface area contributed by atoms with E-state index < -0.39 is 0 Å². The van der Waals surface area contributed by atoms with Crippen molar-refractivity contribution in [1.29, 1.82) is 0 Å². The van der Waals surface area contributed by atoms with E-state index in [0.717, 1.165) is 36.1 Å². The number of pyridine rings is 1. The first-order chi connectivity index (χ1) is 11.2. The van der Waals surface area contributed by atoms with Crippen LogP contribution in [0.1, 0.15) is 6.42 Å². The van der Waals surface area contributed by atoms with Crippen LogP contribution in [0.5, 0.6) is 0 Å². The highest BCUT2D eigenvalue weighted by Gasteiger charge is 2.22. The number of rotatable bonds is 3. The molecule has 3 heterocycles. The summed E-state index contributed by atoms with van der Waals surface area (Å²) in [7, 11) is 2.07. The summed E-state index contributed by atoms with van der Waals surface area (Å²) in [6.45, 7) is 1.98. The Labute approximate surface area is 132 Å². The minimum absolute atomic E-state index is 0.329. The van der Waals surface area contributed by atoms with E-state index in [1.807, 2.05) is 18.2 Å². The summed E-state index contributed by atoms with van der Waals surface area (Å²) in [5, 5.41) is 12.0. The first-order valence-electron chi connectivity index (χ1n) is 7.71. The van der Waals surface area contributed by atoms with Crippen LogP contribution in [0, 0.1) is 0 Å². The number of likely N-dealkylation sites (N-methyl/N-ethyl adjacent to an activating group) is 1. The molecule has 0 bridgehead atoms. The molecule has 2 aromatic heterocycles. The van der Waals surface area contributed by atoms with Crippen LogP contribution in [0.15, 0.2) is 35.1 Å². The minimum atomic E-state index is -0.329. The Morgan fingerprint density at radius 1 is 1.30 bits per heavy atom. The number of H-pyrrole nitrogens is 2. The minimum Gasteiger partial charge on any atom is -0.355 e. The first kappa shape index (κ1) is 14.0. The summed E-state index contributed by atoms with van der Waals surface area (Å²) < 4.78 is 0. The Hall–Kier alpha value is -2.67. The summed E-state index contributed by atoms with van der Waals surface area (Å²) in [5.74, 6) is 1.37. The number of fused-ring (bicyclic) bond motifs is 1. The zero-order chi connectivity index (χ0) is 15.8. The maximum Gasteiger partial charge on any atom is 0.340 e. The van der Waals surface area contributed by atoms with E-state index in [0.29, 0.717) is 17.6 Å². The smallest absolute Gasteiger partial charge is 0.340 e. The number of nitrogens with one attached hydrogen (secondary N) is 3. The Morgan fingerprint density at radius 2 is 2.17 bits per heavy atom. The van der Waals surface area contributed by atoms with Crippen LogP contribution in [-0.4, -0.2) is 46.3 Å². The highest BCUT2D eigenvalue weighted by molar-refractivity contribution is 5.94. The van der Waals surface area contributed by atoms with E-state index in [2.05, 4.69) is 44.6 Å². The summed E-state index contributed by atoms with van der Waals surface area (Å²) in [6, 6.07) is 10.5. The van der Waals surface area contributed by atoms with Gasteiger partial charge in [-0.3, -0.25) is 4.98 Å². The number of benzene rings is 1. The molecule has 23 heavy (non-hydrogen) atoms. The predicted octanol–water partition coefficient (Wildman–Crippen LogP) is 1.11. The Morgan fingerprint density at radius 3 is 2.91 bits per heavy atom. The van der Waals surface area contributed by atoms with Crippen LogP contribution in [0.3, 0.4) is 0 Å². The monoisotopic (exact) mass is 310 g/mol. The topological polar surface area (TPSA) is 89.7 Å². The van der Waals surface area contributed by atoms with Crippen LogP contribution in [-0.2, 0) is 0 Å². The quantitative estimate of drug-likeness (QED) is 0.674. The van der Waals surface area contributed by atoms with Gasteiger partial charge in [0.2, 0.25) is 0 Å². The van der Waals surface area contributed by atoms with E-state index in [1.54, 1.807) is 0 Å². The van der Waals surface area contributed by atoms with Gasteiger partial charge in [-0.25, -0.2) is 14.9 Å². The van der Waals surface area contributed by atoms with Crippen molar-refractivity contribution in [3.8, 4) is 11.5 Å². The molecule has 1 atom stereocenters. The molecule has 0 aliphatic carbocycles. The molecule has 0 radical (unpaired) electrons. The molecule has 4 rings (SSSR count). The number of nitrogens with zero attached hydrogens (tertiary/aromatic N) is 3. The molecule has 3 aromatic rings. The number of hydrogen-bond acceptors (Lipinski definition) is 5. The number of aromatic amines is 2. The molecule has 0 amide bonds. The SMILES string of the molecule is CN(c1nc(-c2n[nH]c(=O)[nH]2)cc2ccccc12)[C@H]1CCNC1. The van der Waals surface area contributed by atoms with Gasteiger partial charge in [0.05, 0.1) is 0 Å². The summed E-state index contributed by atoms with van der Waals surface area (Å²) >= 11 is 0. The fourth-order valence-electron chi connectivity index (χ4n) is 3.10. The largest absolute Gasteiger partial charge is 0.355 e. The van der Waals surface area contributed by atoms with Crippen molar-refractivity contribution < 1.29 is 0 Å². The maximum atomic E-state index is 11.3. The zero-order valence-corrected chi connectivity index (χ0v) is 12.8. The number of anilines is 1. The average Bonchev–Trinajstić information content (AvgIpc) is 3.24. The van der Waals surface area contributed by atoms with Crippen molar-refractivity contribution >= 4 is 16.6 Å². The number of hydrogen-bond donors (Lipinski definition) is 3. The third-order valence-corrected chi connectivity index (χ3v) is 4.38. The fraction of sp³-hybridized carbons (Fsp3) is 0.312. The van der Waals surface area contributed by atoms with Crippen LogP contribution in [0.4, 0.5) is 5.82 Å². The van der Waals surface area contributed by atoms with Crippen LogP contribution >= 0.6 is 0 Å². The van der Waals surface area contributed by atoms with Gasteiger partial charge in [-0.1, -0.05) is 24.3 Å². The third-order valence-electron chi connectivity index (χ3n) is 4.38. The molecule has 7 nitrogen and oxygen atoms in total. The highest BCUT2D eigenvalue weighted by atomic mass is 16.1. The van der Waals surface area contributed by atoms with Gasteiger partial charge in [0.25, 0.3) is 0 Å². The van der Waals surface area contributed by atoms with Crippen LogP contribution < -0.4 is 15.9 Å². The average molecular weight is 310 g/mol. The van der Waals surface area contributed by atoms with Crippen LogP contribution in [0.2, 0.25) is 0 Å². The highest BCUT2D eigenvalue weighted by Crippen LogP contribution is 2.29. The van der Waals surface area contributed by atoms with Gasteiger partial charge in [0.1, 0.15) is 11.5 Å². The molecule has 1 fully saturated rings. The Balaban J connectivity index is 1.88. The normalized spacial score (nSPS) is 17.7. The van der Waals surface area contributed by atoms with Crippen molar-refractivity contribution in [2.24, 2.45) is 0 Å². The lowest BCUT2D eigenvalue weighted by molar-refractivity contribution is 0.680. The number of aromatic nitrogens is 4. The van der Waals surface area contributed by atoms with Crippen LogP contribution in [0.25, 0.3) is 22.3 Å². The molecular formula is C16H18N6O. The van der Waals surface area contributed by atoms with Gasteiger partial charge in [-0.2, -0.15) is 5.10 Å². The van der Waals surface area contributed by atoms with E-state index >= 15 is 0 Å². The van der Waals surface area contributed by atoms with Gasteiger partial charge < -0.3 is 10.2 Å². The Kier molecular flexibility index (Phi) is 3.34. The lowest BCUT2D eigenvalue weighted by Crippen LogP contribution is -2.34. The third kappa shape index (κ3) is 2.49. The molecule has 1 aliphatic rings. The lowest BCUT2D eigenvalue weighted by atomic mass is 10.1. The van der Waals surface area contributed by atoms with E-state index in [-0.39, 0.29) is 5.69 Å². The molecule has 0 unspecified atom stereocenters.